The zero-order valence-electron chi connectivity index (χ0n) is 8.77. The topological polar surface area (TPSA) is 49.7 Å². The molecule has 15 heavy (non-hydrogen) atoms. The molecule has 4 heteroatoms. The van der Waals surface area contributed by atoms with Crippen LogP contribution in [0.5, 0.6) is 5.75 Å². The fraction of sp³-hybridized carbons (Fsp3) is 0.455. The lowest BCUT2D eigenvalue weighted by atomic mass is 10.1. The third-order valence-corrected chi connectivity index (χ3v) is 2.21. The molecular weight excluding hydrogens is 216 g/mol. The number of benzene rings is 1. The maximum absolute atomic E-state index is 9.32. The van der Waals surface area contributed by atoms with Crippen LogP contribution >= 0.6 is 11.6 Å². The smallest absolute Gasteiger partial charge is 0.138 e. The van der Waals surface area contributed by atoms with Gasteiger partial charge >= 0.3 is 0 Å². The number of hydrogen-bond donors (Lipinski definition) is 2. The molecule has 0 aromatic heterocycles. The Balaban J connectivity index is 2.75. The van der Waals surface area contributed by atoms with Gasteiger partial charge in [-0.05, 0) is 31.5 Å². The molecule has 1 rings (SSSR count). The van der Waals surface area contributed by atoms with Crippen LogP contribution in [0.1, 0.15) is 25.5 Å². The molecule has 2 unspecified atom stereocenters. The van der Waals surface area contributed by atoms with Crippen molar-refractivity contribution in [3.8, 4) is 5.75 Å². The second-order valence-corrected chi connectivity index (χ2v) is 3.93. The van der Waals surface area contributed by atoms with Crippen molar-refractivity contribution < 1.29 is 14.9 Å². The maximum atomic E-state index is 9.32. The number of aliphatic hydroxyl groups is 2. The van der Waals surface area contributed by atoms with E-state index in [4.69, 9.17) is 21.4 Å². The van der Waals surface area contributed by atoms with E-state index in [1.54, 1.807) is 32.0 Å². The number of ether oxygens (including phenoxy) is 1. The summed E-state index contributed by atoms with van der Waals surface area (Å²) in [5.41, 5.74) is 0.740. The van der Waals surface area contributed by atoms with E-state index in [1.165, 1.54) is 0 Å². The van der Waals surface area contributed by atoms with Crippen LogP contribution in [0.25, 0.3) is 0 Å². The van der Waals surface area contributed by atoms with Crippen LogP contribution in [0.2, 0.25) is 5.02 Å². The molecular formula is C11H15ClO3. The number of aliphatic hydroxyl groups excluding tert-OH is 2. The summed E-state index contributed by atoms with van der Waals surface area (Å²) in [6.07, 6.45) is -1.08. The molecule has 2 atom stereocenters. The Morgan fingerprint density at radius 2 is 2.00 bits per heavy atom. The monoisotopic (exact) mass is 230 g/mol. The summed E-state index contributed by atoms with van der Waals surface area (Å²) in [7, 11) is 0. The summed E-state index contributed by atoms with van der Waals surface area (Å²) in [6, 6.07) is 5.09. The van der Waals surface area contributed by atoms with Crippen molar-refractivity contribution in [2.75, 3.05) is 6.61 Å². The zero-order chi connectivity index (χ0) is 11.4. The predicted octanol–water partition coefficient (Wildman–Crippen LogP) is 2.15. The summed E-state index contributed by atoms with van der Waals surface area (Å²) in [6.45, 7) is 3.51. The summed E-state index contributed by atoms with van der Waals surface area (Å²) >= 11 is 5.94. The van der Waals surface area contributed by atoms with Crippen molar-refractivity contribution in [3.05, 3.63) is 28.8 Å². The molecule has 2 N–H and O–H groups in total. The Bertz CT molecular complexity index is 324. The minimum Gasteiger partial charge on any atom is -0.489 e. The fourth-order valence-corrected chi connectivity index (χ4v) is 1.35. The van der Waals surface area contributed by atoms with Crippen molar-refractivity contribution in [2.24, 2.45) is 0 Å². The third kappa shape index (κ3) is 3.70. The Labute approximate surface area is 94.3 Å². The average molecular weight is 231 g/mol. The van der Waals surface area contributed by atoms with Gasteiger partial charge in [-0.1, -0.05) is 17.7 Å². The van der Waals surface area contributed by atoms with Gasteiger partial charge in [0.25, 0.3) is 0 Å². The quantitative estimate of drug-likeness (QED) is 0.834. The highest BCUT2D eigenvalue weighted by Gasteiger charge is 2.07. The Morgan fingerprint density at radius 1 is 1.33 bits per heavy atom. The number of hydrogen-bond acceptors (Lipinski definition) is 3. The van der Waals surface area contributed by atoms with E-state index >= 15 is 0 Å². The lowest BCUT2D eigenvalue weighted by Gasteiger charge is -2.11. The second kappa shape index (κ2) is 5.35. The van der Waals surface area contributed by atoms with Gasteiger partial charge in [-0.25, -0.2) is 0 Å². The zero-order valence-corrected chi connectivity index (χ0v) is 9.53. The van der Waals surface area contributed by atoms with E-state index in [0.717, 1.165) is 5.56 Å². The molecule has 0 radical (unpaired) electrons. The minimum atomic E-state index is -0.548. The van der Waals surface area contributed by atoms with Gasteiger partial charge in [-0.3, -0.25) is 0 Å². The van der Waals surface area contributed by atoms with Gasteiger partial charge in [0.15, 0.2) is 0 Å². The normalized spacial score (nSPS) is 14.7. The molecule has 3 nitrogen and oxygen atoms in total. The van der Waals surface area contributed by atoms with Crippen molar-refractivity contribution in [1.29, 1.82) is 0 Å². The molecule has 84 valence electrons. The van der Waals surface area contributed by atoms with E-state index in [0.29, 0.717) is 10.8 Å². The SMILES string of the molecule is CC(O)COc1ccc(C(C)O)cc1Cl. The lowest BCUT2D eigenvalue weighted by molar-refractivity contribution is 0.122. The molecule has 0 aliphatic rings. The Kier molecular flexibility index (Phi) is 4.39. The fourth-order valence-electron chi connectivity index (χ4n) is 1.10. The molecule has 0 amide bonds. The summed E-state index contributed by atoms with van der Waals surface area (Å²) < 4.78 is 5.27. The first kappa shape index (κ1) is 12.3. The second-order valence-electron chi connectivity index (χ2n) is 3.53. The highest BCUT2D eigenvalue weighted by molar-refractivity contribution is 6.32. The average Bonchev–Trinajstić information content (AvgIpc) is 2.15. The van der Waals surface area contributed by atoms with E-state index in [-0.39, 0.29) is 6.61 Å². The van der Waals surface area contributed by atoms with Gasteiger partial charge in [0.1, 0.15) is 12.4 Å². The van der Waals surface area contributed by atoms with Gasteiger partial charge in [0.2, 0.25) is 0 Å². The van der Waals surface area contributed by atoms with Crippen LogP contribution in [0.15, 0.2) is 18.2 Å². The van der Waals surface area contributed by atoms with E-state index in [2.05, 4.69) is 0 Å². The van der Waals surface area contributed by atoms with E-state index in [9.17, 15) is 5.11 Å². The first-order chi connectivity index (χ1) is 7.00. The summed E-state index contributed by atoms with van der Waals surface area (Å²) in [5.74, 6) is 0.516. The van der Waals surface area contributed by atoms with Crippen molar-refractivity contribution in [3.63, 3.8) is 0 Å². The van der Waals surface area contributed by atoms with Gasteiger partial charge in [0.05, 0.1) is 17.2 Å². The Hall–Kier alpha value is -0.770. The Morgan fingerprint density at radius 3 is 2.47 bits per heavy atom. The van der Waals surface area contributed by atoms with E-state index < -0.39 is 12.2 Å². The molecule has 0 fully saturated rings. The van der Waals surface area contributed by atoms with Gasteiger partial charge < -0.3 is 14.9 Å². The van der Waals surface area contributed by atoms with Gasteiger partial charge in [-0.15, -0.1) is 0 Å². The molecule has 0 bridgehead atoms. The van der Waals surface area contributed by atoms with Crippen LogP contribution in [-0.2, 0) is 0 Å². The van der Waals surface area contributed by atoms with Crippen LogP contribution in [-0.4, -0.2) is 22.9 Å². The highest BCUT2D eigenvalue weighted by atomic mass is 35.5. The molecule has 0 spiro atoms. The van der Waals surface area contributed by atoms with Crippen LogP contribution in [0.4, 0.5) is 0 Å². The van der Waals surface area contributed by atoms with Crippen LogP contribution < -0.4 is 4.74 Å². The third-order valence-electron chi connectivity index (χ3n) is 1.92. The standard InChI is InChI=1S/C11H15ClO3/c1-7(13)6-15-11-4-3-9(8(2)14)5-10(11)12/h3-5,7-8,13-14H,6H2,1-2H3. The summed E-state index contributed by atoms with van der Waals surface area (Å²) in [4.78, 5) is 0. The van der Waals surface area contributed by atoms with Crippen LogP contribution in [0.3, 0.4) is 0 Å². The molecule has 0 saturated heterocycles. The lowest BCUT2D eigenvalue weighted by Crippen LogP contribution is -2.13. The van der Waals surface area contributed by atoms with Crippen molar-refractivity contribution in [2.45, 2.75) is 26.1 Å². The predicted molar refractivity (Wildman–Crippen MR) is 59.3 cm³/mol. The van der Waals surface area contributed by atoms with Gasteiger partial charge in [0, 0.05) is 0 Å². The number of halogens is 1. The molecule has 0 saturated carbocycles. The first-order valence-corrected chi connectivity index (χ1v) is 5.17. The molecule has 0 aliphatic carbocycles. The number of rotatable bonds is 4. The van der Waals surface area contributed by atoms with Crippen LogP contribution in [0, 0.1) is 0 Å². The largest absolute Gasteiger partial charge is 0.489 e. The summed E-state index contributed by atoms with van der Waals surface area (Å²) in [5, 5.41) is 18.8. The molecule has 1 aromatic rings. The minimum absolute atomic E-state index is 0.202. The molecule has 0 aliphatic heterocycles. The maximum Gasteiger partial charge on any atom is 0.138 e. The molecule has 0 heterocycles. The van der Waals surface area contributed by atoms with Crippen molar-refractivity contribution in [1.82, 2.24) is 0 Å². The molecule has 1 aromatic carbocycles. The van der Waals surface area contributed by atoms with E-state index in [1.807, 2.05) is 0 Å². The highest BCUT2D eigenvalue weighted by Crippen LogP contribution is 2.27. The van der Waals surface area contributed by atoms with Gasteiger partial charge in [-0.2, -0.15) is 0 Å². The first-order valence-electron chi connectivity index (χ1n) is 4.79. The van der Waals surface area contributed by atoms with Crippen molar-refractivity contribution >= 4 is 11.6 Å².